The molecule has 0 atom stereocenters. The number of carbonyl (C=O) groups excluding carboxylic acids is 1. The van der Waals surface area contributed by atoms with Crippen molar-refractivity contribution in [2.75, 3.05) is 7.11 Å². The summed E-state index contributed by atoms with van der Waals surface area (Å²) in [4.78, 5) is 11.2. The minimum Gasteiger partial charge on any atom is -0.497 e. The third-order valence-electron chi connectivity index (χ3n) is 2.24. The Hall–Kier alpha value is -1.77. The first-order chi connectivity index (χ1) is 6.72. The van der Waals surface area contributed by atoms with Crippen LogP contribution in [0.4, 0.5) is 0 Å². The number of methoxy groups -OCH3 is 1. The zero-order chi connectivity index (χ0) is 10.1. The van der Waals surface area contributed by atoms with Gasteiger partial charge in [-0.25, -0.2) is 0 Å². The van der Waals surface area contributed by atoms with Crippen molar-refractivity contribution in [2.45, 2.75) is 6.92 Å². The molecule has 3 heteroatoms. The van der Waals surface area contributed by atoms with Crippen LogP contribution in [0.2, 0.25) is 0 Å². The maximum atomic E-state index is 11.2. The van der Waals surface area contributed by atoms with E-state index >= 15 is 0 Å². The molecular formula is C11H11NO2. The first kappa shape index (κ1) is 8.81. The molecule has 0 N–H and O–H groups in total. The second-order valence-corrected chi connectivity index (χ2v) is 3.13. The lowest BCUT2D eigenvalue weighted by Gasteiger charge is -2.01. The molecule has 0 amide bonds. The van der Waals surface area contributed by atoms with E-state index < -0.39 is 0 Å². The molecular weight excluding hydrogens is 178 g/mol. The fraction of sp³-hybridized carbons (Fsp3) is 0.182. The number of carbonyl (C=O) groups is 1. The average molecular weight is 189 g/mol. The summed E-state index contributed by atoms with van der Waals surface area (Å²) >= 11 is 0. The molecule has 14 heavy (non-hydrogen) atoms. The Morgan fingerprint density at radius 3 is 2.79 bits per heavy atom. The standard InChI is InChI=1S/C11H11NO2/c1-8(13)12-6-5-9-7-10(14-2)3-4-11(9)12/h3-7H,1-2H3. The van der Waals surface area contributed by atoms with E-state index in [-0.39, 0.29) is 5.91 Å². The van der Waals surface area contributed by atoms with Gasteiger partial charge in [-0.15, -0.1) is 0 Å². The van der Waals surface area contributed by atoms with Gasteiger partial charge in [-0.3, -0.25) is 9.36 Å². The highest BCUT2D eigenvalue weighted by Gasteiger charge is 2.04. The van der Waals surface area contributed by atoms with Crippen molar-refractivity contribution in [3.05, 3.63) is 30.5 Å². The van der Waals surface area contributed by atoms with Gasteiger partial charge < -0.3 is 4.74 Å². The Balaban J connectivity index is 2.65. The average Bonchev–Trinajstić information content (AvgIpc) is 2.59. The maximum Gasteiger partial charge on any atom is 0.227 e. The van der Waals surface area contributed by atoms with Gasteiger partial charge in [-0.1, -0.05) is 0 Å². The van der Waals surface area contributed by atoms with Crippen LogP contribution in [0, 0.1) is 0 Å². The molecule has 3 nitrogen and oxygen atoms in total. The zero-order valence-corrected chi connectivity index (χ0v) is 8.15. The summed E-state index contributed by atoms with van der Waals surface area (Å²) in [6.45, 7) is 1.55. The number of fused-ring (bicyclic) bond motifs is 1. The third-order valence-corrected chi connectivity index (χ3v) is 2.24. The van der Waals surface area contributed by atoms with Crippen molar-refractivity contribution in [3.63, 3.8) is 0 Å². The van der Waals surface area contributed by atoms with Crippen LogP contribution in [-0.4, -0.2) is 17.6 Å². The summed E-state index contributed by atoms with van der Waals surface area (Å²) in [6.07, 6.45) is 1.77. The van der Waals surface area contributed by atoms with Gasteiger partial charge in [0.1, 0.15) is 5.75 Å². The van der Waals surface area contributed by atoms with Crippen LogP contribution in [0.25, 0.3) is 10.9 Å². The van der Waals surface area contributed by atoms with Crippen LogP contribution in [0.3, 0.4) is 0 Å². The zero-order valence-electron chi connectivity index (χ0n) is 8.15. The number of hydrogen-bond donors (Lipinski definition) is 0. The van der Waals surface area contributed by atoms with E-state index in [4.69, 9.17) is 4.74 Å². The highest BCUT2D eigenvalue weighted by Crippen LogP contribution is 2.21. The molecule has 72 valence electrons. The van der Waals surface area contributed by atoms with Gasteiger partial charge in [0.15, 0.2) is 0 Å². The highest BCUT2D eigenvalue weighted by molar-refractivity contribution is 5.92. The predicted octanol–water partition coefficient (Wildman–Crippen LogP) is 2.31. The molecule has 1 aromatic carbocycles. The Bertz CT molecular complexity index is 485. The minimum absolute atomic E-state index is 0.0187. The van der Waals surface area contributed by atoms with E-state index in [1.165, 1.54) is 0 Å². The number of rotatable bonds is 1. The molecule has 0 saturated heterocycles. The lowest BCUT2D eigenvalue weighted by molar-refractivity contribution is 0.0941. The molecule has 0 spiro atoms. The summed E-state index contributed by atoms with van der Waals surface area (Å²) in [5, 5.41) is 1.01. The van der Waals surface area contributed by atoms with Gasteiger partial charge in [0.05, 0.1) is 12.6 Å². The van der Waals surface area contributed by atoms with Crippen LogP contribution in [0.1, 0.15) is 11.7 Å². The third kappa shape index (κ3) is 1.27. The maximum absolute atomic E-state index is 11.2. The normalized spacial score (nSPS) is 10.4. The molecule has 2 rings (SSSR count). The van der Waals surface area contributed by atoms with Gasteiger partial charge in [0.25, 0.3) is 0 Å². The van der Waals surface area contributed by atoms with Gasteiger partial charge >= 0.3 is 0 Å². The predicted molar refractivity (Wildman–Crippen MR) is 54.8 cm³/mol. The highest BCUT2D eigenvalue weighted by atomic mass is 16.5. The minimum atomic E-state index is 0.0187. The second kappa shape index (κ2) is 3.18. The van der Waals surface area contributed by atoms with Crippen molar-refractivity contribution in [2.24, 2.45) is 0 Å². The fourth-order valence-corrected chi connectivity index (χ4v) is 1.52. The lowest BCUT2D eigenvalue weighted by Crippen LogP contribution is -2.02. The van der Waals surface area contributed by atoms with Crippen molar-refractivity contribution in [3.8, 4) is 5.75 Å². The molecule has 0 aliphatic rings. The van der Waals surface area contributed by atoms with Gasteiger partial charge in [0.2, 0.25) is 5.91 Å². The first-order valence-corrected chi connectivity index (χ1v) is 4.38. The van der Waals surface area contributed by atoms with Crippen molar-refractivity contribution in [1.82, 2.24) is 4.57 Å². The fourth-order valence-electron chi connectivity index (χ4n) is 1.52. The van der Waals surface area contributed by atoms with Gasteiger partial charge in [0, 0.05) is 18.5 Å². The SMILES string of the molecule is COc1ccc2c(ccn2C(C)=O)c1. The van der Waals surface area contributed by atoms with E-state index in [9.17, 15) is 4.79 Å². The summed E-state index contributed by atoms with van der Waals surface area (Å²) in [7, 11) is 1.63. The topological polar surface area (TPSA) is 31.2 Å². The second-order valence-electron chi connectivity index (χ2n) is 3.13. The molecule has 0 bridgehead atoms. The number of hydrogen-bond acceptors (Lipinski definition) is 2. The van der Waals surface area contributed by atoms with Gasteiger partial charge in [-0.05, 0) is 24.3 Å². The molecule has 0 unspecified atom stereocenters. The monoisotopic (exact) mass is 189 g/mol. The van der Waals surface area contributed by atoms with E-state index in [2.05, 4.69) is 0 Å². The molecule has 0 fully saturated rings. The summed E-state index contributed by atoms with van der Waals surface area (Å²) in [5.74, 6) is 0.823. The van der Waals surface area contributed by atoms with E-state index in [0.29, 0.717) is 0 Å². The summed E-state index contributed by atoms with van der Waals surface area (Å²) in [5.41, 5.74) is 0.915. The van der Waals surface area contributed by atoms with Gasteiger partial charge in [-0.2, -0.15) is 0 Å². The Morgan fingerprint density at radius 2 is 2.14 bits per heavy atom. The van der Waals surface area contributed by atoms with Crippen LogP contribution in [-0.2, 0) is 0 Å². The summed E-state index contributed by atoms with van der Waals surface area (Å²) < 4.78 is 6.72. The van der Waals surface area contributed by atoms with Crippen molar-refractivity contribution < 1.29 is 9.53 Å². The molecule has 0 radical (unpaired) electrons. The van der Waals surface area contributed by atoms with Crippen LogP contribution in [0.5, 0.6) is 5.75 Å². The lowest BCUT2D eigenvalue weighted by atomic mass is 10.2. The van der Waals surface area contributed by atoms with E-state index in [0.717, 1.165) is 16.7 Å². The number of aromatic nitrogens is 1. The number of benzene rings is 1. The molecule has 0 saturated carbocycles. The first-order valence-electron chi connectivity index (χ1n) is 4.38. The van der Waals surface area contributed by atoms with Crippen LogP contribution < -0.4 is 4.74 Å². The Labute approximate surface area is 81.9 Å². The molecule has 0 aliphatic carbocycles. The Morgan fingerprint density at radius 1 is 1.36 bits per heavy atom. The van der Waals surface area contributed by atoms with Crippen LogP contribution >= 0.6 is 0 Å². The molecule has 1 heterocycles. The smallest absolute Gasteiger partial charge is 0.227 e. The van der Waals surface area contributed by atoms with E-state index in [1.807, 2.05) is 24.3 Å². The quantitative estimate of drug-likeness (QED) is 0.689. The molecule has 0 aliphatic heterocycles. The molecule has 2 aromatic rings. The molecule has 1 aromatic heterocycles. The number of ether oxygens (including phenoxy) is 1. The Kier molecular flexibility index (Phi) is 2.00. The van der Waals surface area contributed by atoms with E-state index in [1.54, 1.807) is 24.8 Å². The summed E-state index contributed by atoms with van der Waals surface area (Å²) in [6, 6.07) is 7.55. The largest absolute Gasteiger partial charge is 0.497 e. The van der Waals surface area contributed by atoms with Crippen molar-refractivity contribution in [1.29, 1.82) is 0 Å². The van der Waals surface area contributed by atoms with Crippen LogP contribution in [0.15, 0.2) is 30.5 Å². The number of nitrogens with zero attached hydrogens (tertiary/aromatic N) is 1. The van der Waals surface area contributed by atoms with Crippen molar-refractivity contribution >= 4 is 16.8 Å².